The Kier molecular flexibility index (Phi) is 5.89. The van der Waals surface area contributed by atoms with Gasteiger partial charge >= 0.3 is 11.9 Å². The molecule has 0 aliphatic rings. The lowest BCUT2D eigenvalue weighted by Crippen LogP contribution is -2.14. The van der Waals surface area contributed by atoms with Crippen molar-refractivity contribution in [3.63, 3.8) is 0 Å². The summed E-state index contributed by atoms with van der Waals surface area (Å²) in [6.45, 7) is 0.172. The molecule has 0 fully saturated rings. The van der Waals surface area contributed by atoms with Crippen LogP contribution in [0.5, 0.6) is 0 Å². The van der Waals surface area contributed by atoms with Crippen LogP contribution < -0.4 is 11.5 Å². The molecule has 94 valence electrons. The third-order valence-electron chi connectivity index (χ3n) is 1.20. The molecule has 0 aliphatic carbocycles. The van der Waals surface area contributed by atoms with E-state index in [0.29, 0.717) is 5.89 Å². The van der Waals surface area contributed by atoms with E-state index in [0.717, 1.165) is 0 Å². The summed E-state index contributed by atoms with van der Waals surface area (Å²) in [6.07, 6.45) is -0.0104. The minimum Gasteiger partial charge on any atom is -0.473 e. The first-order valence-corrected chi connectivity index (χ1v) is 4.12. The first kappa shape index (κ1) is 14.5. The highest BCUT2D eigenvalue weighted by Gasteiger charge is 2.06. The molecule has 17 heavy (non-hydrogen) atoms. The van der Waals surface area contributed by atoms with E-state index in [1.807, 2.05) is 0 Å². The summed E-state index contributed by atoms with van der Waals surface area (Å²) < 4.78 is 4.62. The number of carboxylic acid groups (broad SMARTS) is 2. The van der Waals surface area contributed by atoms with Crippen LogP contribution >= 0.6 is 0 Å². The second-order valence-corrected chi connectivity index (χ2v) is 2.56. The Morgan fingerprint density at radius 3 is 2.06 bits per heavy atom. The molecule has 0 aliphatic heterocycles. The first-order chi connectivity index (χ1) is 7.86. The average Bonchev–Trinajstić information content (AvgIpc) is 2.65. The Bertz CT molecular complexity index is 402. The summed E-state index contributed by atoms with van der Waals surface area (Å²) in [7, 11) is 0. The number of hydrogen-bond donors (Lipinski definition) is 4. The van der Waals surface area contributed by atoms with Gasteiger partial charge in [0.15, 0.2) is 5.82 Å². The van der Waals surface area contributed by atoms with E-state index in [4.69, 9.17) is 31.3 Å². The maximum absolute atomic E-state index is 10.3. The molecule has 1 aromatic rings. The highest BCUT2D eigenvalue weighted by Crippen LogP contribution is 1.95. The zero-order chi connectivity index (χ0) is 13.4. The zero-order valence-electron chi connectivity index (χ0n) is 8.49. The molecule has 10 heteroatoms. The van der Waals surface area contributed by atoms with Gasteiger partial charge in [-0.2, -0.15) is 4.98 Å². The lowest BCUT2D eigenvalue weighted by atomic mass is 10.4. The highest BCUT2D eigenvalue weighted by atomic mass is 16.5. The van der Waals surface area contributed by atoms with Crippen LogP contribution in [-0.4, -0.2) is 38.2 Å². The molecule has 1 heterocycles. The largest absolute Gasteiger partial charge is 0.473 e. The molecule has 1 rings (SSSR count). The van der Waals surface area contributed by atoms with Gasteiger partial charge in [0, 0.05) is 0 Å². The Hall–Kier alpha value is -2.49. The number of rotatable bonds is 3. The third kappa shape index (κ3) is 6.57. The predicted molar refractivity (Wildman–Crippen MR) is 50.4 cm³/mol. The van der Waals surface area contributed by atoms with Crippen molar-refractivity contribution in [2.75, 3.05) is 0 Å². The number of aliphatic carboxylic acids is 2. The molecule has 1 aromatic heterocycles. The molecular weight excluding hydrogens is 236 g/mol. The molecule has 0 spiro atoms. The van der Waals surface area contributed by atoms with E-state index in [9.17, 15) is 4.79 Å². The van der Waals surface area contributed by atoms with Gasteiger partial charge in [0.2, 0.25) is 11.8 Å². The van der Waals surface area contributed by atoms with Crippen molar-refractivity contribution in [2.45, 2.75) is 13.0 Å². The molecule has 0 unspecified atom stereocenters. The van der Waals surface area contributed by atoms with E-state index in [2.05, 4.69) is 14.7 Å². The minimum atomic E-state index is -1.82. The fraction of sp³-hybridized carbons (Fsp3) is 0.286. The van der Waals surface area contributed by atoms with Crippen molar-refractivity contribution >= 4 is 17.8 Å². The normalized spacial score (nSPS) is 9.00. The van der Waals surface area contributed by atoms with Crippen LogP contribution in [0.1, 0.15) is 11.7 Å². The fourth-order valence-electron chi connectivity index (χ4n) is 0.601. The van der Waals surface area contributed by atoms with Crippen molar-refractivity contribution in [3.8, 4) is 0 Å². The molecule has 0 atom stereocenters. The van der Waals surface area contributed by atoms with Gasteiger partial charge in [-0.1, -0.05) is 5.16 Å². The summed E-state index contributed by atoms with van der Waals surface area (Å²) in [4.78, 5) is 32.3. The molecule has 0 saturated heterocycles. The molecular formula is C7H10N4O6. The molecule has 0 saturated carbocycles. The third-order valence-corrected chi connectivity index (χ3v) is 1.20. The van der Waals surface area contributed by atoms with E-state index < -0.39 is 17.8 Å². The smallest absolute Gasteiger partial charge is 0.414 e. The number of amides is 1. The quantitative estimate of drug-likeness (QED) is 0.426. The Morgan fingerprint density at radius 1 is 1.24 bits per heavy atom. The number of primary amides is 1. The van der Waals surface area contributed by atoms with Gasteiger partial charge in [-0.05, 0) is 0 Å². The monoisotopic (exact) mass is 246 g/mol. The van der Waals surface area contributed by atoms with Crippen LogP contribution in [0.15, 0.2) is 4.52 Å². The molecule has 0 radical (unpaired) electrons. The van der Waals surface area contributed by atoms with Gasteiger partial charge < -0.3 is 26.2 Å². The summed E-state index contributed by atoms with van der Waals surface area (Å²) in [5, 5.41) is 18.2. The van der Waals surface area contributed by atoms with Crippen molar-refractivity contribution in [1.82, 2.24) is 10.1 Å². The van der Waals surface area contributed by atoms with E-state index in [1.54, 1.807) is 0 Å². The van der Waals surface area contributed by atoms with Crippen LogP contribution in [0.3, 0.4) is 0 Å². The van der Waals surface area contributed by atoms with Gasteiger partial charge in [0.05, 0.1) is 13.0 Å². The topological polar surface area (TPSA) is 183 Å². The number of nitrogens with zero attached hydrogens (tertiary/aromatic N) is 2. The number of hydrogen-bond acceptors (Lipinski definition) is 7. The Balaban J connectivity index is 0.000000366. The summed E-state index contributed by atoms with van der Waals surface area (Å²) >= 11 is 0. The van der Waals surface area contributed by atoms with E-state index in [1.165, 1.54) is 0 Å². The number of carboxylic acids is 2. The number of nitrogens with two attached hydrogens (primary N) is 2. The van der Waals surface area contributed by atoms with Crippen molar-refractivity contribution in [1.29, 1.82) is 0 Å². The first-order valence-electron chi connectivity index (χ1n) is 4.12. The van der Waals surface area contributed by atoms with Gasteiger partial charge in [0.25, 0.3) is 0 Å². The second-order valence-electron chi connectivity index (χ2n) is 2.56. The average molecular weight is 246 g/mol. The lowest BCUT2D eigenvalue weighted by molar-refractivity contribution is -0.159. The van der Waals surface area contributed by atoms with Gasteiger partial charge in [-0.15, -0.1) is 0 Å². The maximum atomic E-state index is 10.3. The summed E-state index contributed by atoms with van der Waals surface area (Å²) in [6, 6.07) is 0. The molecule has 0 bridgehead atoms. The van der Waals surface area contributed by atoms with Crippen LogP contribution in [-0.2, 0) is 27.3 Å². The van der Waals surface area contributed by atoms with Crippen LogP contribution in [0, 0.1) is 0 Å². The summed E-state index contributed by atoms with van der Waals surface area (Å²) in [5.74, 6) is -3.56. The molecule has 0 aromatic carbocycles. The second kappa shape index (κ2) is 6.90. The van der Waals surface area contributed by atoms with Gasteiger partial charge in [0.1, 0.15) is 0 Å². The molecule has 1 amide bonds. The summed E-state index contributed by atoms with van der Waals surface area (Å²) in [5.41, 5.74) is 10.1. The van der Waals surface area contributed by atoms with Crippen LogP contribution in [0.4, 0.5) is 0 Å². The van der Waals surface area contributed by atoms with Crippen molar-refractivity contribution in [2.24, 2.45) is 11.5 Å². The Morgan fingerprint density at radius 2 is 1.76 bits per heavy atom. The highest BCUT2D eigenvalue weighted by molar-refractivity contribution is 6.27. The fourth-order valence-corrected chi connectivity index (χ4v) is 0.601. The zero-order valence-corrected chi connectivity index (χ0v) is 8.49. The number of aromatic nitrogens is 2. The number of carbonyl (C=O) groups is 3. The van der Waals surface area contributed by atoms with Crippen LogP contribution in [0.2, 0.25) is 0 Å². The van der Waals surface area contributed by atoms with Crippen molar-refractivity contribution < 1.29 is 29.1 Å². The maximum Gasteiger partial charge on any atom is 0.414 e. The molecule has 6 N–H and O–H groups in total. The SMILES string of the molecule is NCc1nc(CC(N)=O)no1.O=C(O)C(=O)O. The van der Waals surface area contributed by atoms with Crippen molar-refractivity contribution in [3.05, 3.63) is 11.7 Å². The molecule has 10 nitrogen and oxygen atoms in total. The minimum absolute atomic E-state index is 0.0104. The van der Waals surface area contributed by atoms with Crippen LogP contribution in [0.25, 0.3) is 0 Å². The van der Waals surface area contributed by atoms with Gasteiger partial charge in [-0.3, -0.25) is 4.79 Å². The number of carbonyl (C=O) groups excluding carboxylic acids is 1. The Labute approximate surface area is 94.2 Å². The standard InChI is InChI=1S/C5H8N4O2.C2H2O4/c6-2-5-8-4(9-11-5)1-3(7)10;3-1(4)2(5)6/h1-2,6H2,(H2,7,10);(H,3,4)(H,5,6). The van der Waals surface area contributed by atoms with Gasteiger partial charge in [-0.25, -0.2) is 9.59 Å². The lowest BCUT2D eigenvalue weighted by Gasteiger charge is -1.83. The predicted octanol–water partition coefficient (Wildman–Crippen LogP) is -2.29. The van der Waals surface area contributed by atoms with E-state index >= 15 is 0 Å². The van der Waals surface area contributed by atoms with E-state index in [-0.39, 0.29) is 18.8 Å².